The number of carbonyl (C=O) groups is 4. The van der Waals surface area contributed by atoms with Gasteiger partial charge >= 0.3 is 12.0 Å². The van der Waals surface area contributed by atoms with Crippen LogP contribution in [0, 0.1) is 0 Å². The van der Waals surface area contributed by atoms with Crippen LogP contribution in [-0.4, -0.2) is 52.8 Å². The number of benzene rings is 2. The molecule has 9 heteroatoms. The summed E-state index contributed by atoms with van der Waals surface area (Å²) in [6.07, 6.45) is 2.26. The van der Waals surface area contributed by atoms with Crippen molar-refractivity contribution in [1.82, 2.24) is 10.2 Å². The molecule has 37 heavy (non-hydrogen) atoms. The summed E-state index contributed by atoms with van der Waals surface area (Å²) in [6.45, 7) is 7.17. The lowest BCUT2D eigenvalue weighted by Gasteiger charge is -2.40. The number of para-hydroxylation sites is 2. The van der Waals surface area contributed by atoms with Crippen molar-refractivity contribution in [2.45, 2.75) is 80.9 Å². The average molecular weight is 524 g/mol. The molecule has 0 aromatic heterocycles. The summed E-state index contributed by atoms with van der Waals surface area (Å²) in [6, 6.07) is 13.4. The maximum Gasteiger partial charge on any atom is 0.377 e. The first-order valence-corrected chi connectivity index (χ1v) is 13.5. The average Bonchev–Trinajstić information content (AvgIpc) is 2.88. The number of ketones is 1. The highest BCUT2D eigenvalue weighted by Gasteiger charge is 2.39. The van der Waals surface area contributed by atoms with Gasteiger partial charge in [-0.1, -0.05) is 43.0 Å². The molecule has 2 unspecified atom stereocenters. The molecule has 1 N–H and O–H groups in total. The van der Waals surface area contributed by atoms with Crippen LogP contribution in [0.15, 0.2) is 58.3 Å². The largest absolute Gasteiger partial charge is 0.454 e. The van der Waals surface area contributed by atoms with Gasteiger partial charge in [0.25, 0.3) is 5.78 Å². The Balaban J connectivity index is 1.57. The van der Waals surface area contributed by atoms with E-state index in [4.69, 9.17) is 4.74 Å². The number of Topliss-reactive ketones (excluding diaryl/α,β-unsaturated/α-hetero) is 1. The van der Waals surface area contributed by atoms with Crippen LogP contribution in [0.5, 0.6) is 0 Å². The van der Waals surface area contributed by atoms with Crippen molar-refractivity contribution < 1.29 is 23.9 Å². The summed E-state index contributed by atoms with van der Waals surface area (Å²) < 4.78 is 5.20. The van der Waals surface area contributed by atoms with Gasteiger partial charge in [0.05, 0.1) is 17.4 Å². The molecular weight excluding hydrogens is 490 g/mol. The fourth-order valence-electron chi connectivity index (χ4n) is 4.56. The van der Waals surface area contributed by atoms with Crippen molar-refractivity contribution in [2.75, 3.05) is 11.4 Å². The van der Waals surface area contributed by atoms with Gasteiger partial charge in [0.15, 0.2) is 0 Å². The van der Waals surface area contributed by atoms with Crippen LogP contribution >= 0.6 is 11.8 Å². The molecule has 0 aliphatic carbocycles. The number of ether oxygens (including phenoxy) is 1. The van der Waals surface area contributed by atoms with E-state index in [9.17, 15) is 19.2 Å². The highest BCUT2D eigenvalue weighted by atomic mass is 32.2. The Hall–Kier alpha value is -3.33. The number of nitrogens with one attached hydrogen (secondary N) is 1. The molecule has 2 aromatic rings. The van der Waals surface area contributed by atoms with Crippen LogP contribution in [0.2, 0.25) is 0 Å². The zero-order valence-corrected chi connectivity index (χ0v) is 22.5. The number of rotatable bonds is 5. The summed E-state index contributed by atoms with van der Waals surface area (Å²) in [5, 5.41) is 2.72. The zero-order valence-electron chi connectivity index (χ0n) is 21.7. The predicted octanol–water partition coefficient (Wildman–Crippen LogP) is 5.07. The molecule has 0 radical (unpaired) electrons. The number of fused-ring (bicyclic) bond motifs is 2. The molecule has 3 amide bonds. The second kappa shape index (κ2) is 11.0. The molecule has 2 atom stereocenters. The Morgan fingerprint density at radius 2 is 1.59 bits per heavy atom. The molecule has 0 spiro atoms. The molecule has 4 rings (SSSR count). The molecule has 1 saturated heterocycles. The number of urea groups is 1. The van der Waals surface area contributed by atoms with Crippen molar-refractivity contribution in [3.8, 4) is 0 Å². The van der Waals surface area contributed by atoms with Crippen LogP contribution < -0.4 is 10.2 Å². The van der Waals surface area contributed by atoms with Crippen molar-refractivity contribution in [1.29, 1.82) is 0 Å². The first kappa shape index (κ1) is 26.7. The van der Waals surface area contributed by atoms with Gasteiger partial charge in [-0.05, 0) is 70.7 Å². The number of piperidine rings is 1. The summed E-state index contributed by atoms with van der Waals surface area (Å²) in [5.41, 5.74) is 0.723. The minimum Gasteiger partial charge on any atom is -0.454 e. The normalized spacial score (nSPS) is 17.8. The number of amides is 3. The molecule has 2 aromatic carbocycles. The van der Waals surface area contributed by atoms with Gasteiger partial charge in [0.1, 0.15) is 11.6 Å². The zero-order chi connectivity index (χ0) is 26.7. The quantitative estimate of drug-likeness (QED) is 0.434. The van der Waals surface area contributed by atoms with E-state index in [1.165, 1.54) is 0 Å². The van der Waals surface area contributed by atoms with E-state index in [0.717, 1.165) is 34.0 Å². The molecule has 196 valence electrons. The number of hydrogen-bond acceptors (Lipinski definition) is 6. The molecule has 2 aliphatic heterocycles. The minimum atomic E-state index is -1.02. The van der Waals surface area contributed by atoms with Gasteiger partial charge in [-0.15, -0.1) is 0 Å². The highest BCUT2D eigenvalue weighted by Crippen LogP contribution is 2.48. The number of likely N-dealkylation sites (tertiary alicyclic amines) is 1. The lowest BCUT2D eigenvalue weighted by Crippen LogP contribution is -2.57. The third-order valence-corrected chi connectivity index (χ3v) is 7.45. The molecule has 0 saturated carbocycles. The monoisotopic (exact) mass is 523 g/mol. The van der Waals surface area contributed by atoms with E-state index in [-0.39, 0.29) is 12.5 Å². The first-order chi connectivity index (χ1) is 17.6. The van der Waals surface area contributed by atoms with Gasteiger partial charge in [-0.2, -0.15) is 0 Å². The van der Waals surface area contributed by atoms with E-state index in [0.29, 0.717) is 13.0 Å². The molecule has 0 bridgehead atoms. The van der Waals surface area contributed by atoms with Gasteiger partial charge in [0, 0.05) is 16.3 Å². The fourth-order valence-corrected chi connectivity index (χ4v) is 5.62. The van der Waals surface area contributed by atoms with Crippen molar-refractivity contribution in [2.24, 2.45) is 0 Å². The van der Waals surface area contributed by atoms with Crippen LogP contribution in [0.4, 0.5) is 16.2 Å². The van der Waals surface area contributed by atoms with Crippen LogP contribution in [0.3, 0.4) is 0 Å². The lowest BCUT2D eigenvalue weighted by molar-refractivity contribution is -0.163. The molecule has 1 fully saturated rings. The minimum absolute atomic E-state index is 0.231. The van der Waals surface area contributed by atoms with E-state index in [1.807, 2.05) is 48.5 Å². The van der Waals surface area contributed by atoms with E-state index in [2.05, 4.69) is 5.32 Å². The Kier molecular flexibility index (Phi) is 7.92. The molecular formula is C28H33N3O5S. The maximum absolute atomic E-state index is 14.1. The molecule has 2 aliphatic rings. The first-order valence-electron chi connectivity index (χ1n) is 12.6. The van der Waals surface area contributed by atoms with Gasteiger partial charge in [-0.25, -0.2) is 9.59 Å². The van der Waals surface area contributed by atoms with Gasteiger partial charge in [-0.3, -0.25) is 14.5 Å². The molecule has 8 nitrogen and oxygen atoms in total. The van der Waals surface area contributed by atoms with Crippen molar-refractivity contribution >= 4 is 46.8 Å². The van der Waals surface area contributed by atoms with Gasteiger partial charge in [0.2, 0.25) is 5.91 Å². The van der Waals surface area contributed by atoms with Crippen molar-refractivity contribution in [3.05, 3.63) is 48.5 Å². The summed E-state index contributed by atoms with van der Waals surface area (Å²) >= 11 is 1.61. The number of carbonyl (C=O) groups excluding carboxylic acids is 4. The highest BCUT2D eigenvalue weighted by molar-refractivity contribution is 7.99. The third-order valence-electron chi connectivity index (χ3n) is 6.32. The van der Waals surface area contributed by atoms with Crippen LogP contribution in [-0.2, 0) is 19.1 Å². The van der Waals surface area contributed by atoms with Crippen LogP contribution in [0.25, 0.3) is 0 Å². The number of anilines is 2. The van der Waals surface area contributed by atoms with E-state index >= 15 is 0 Å². The smallest absolute Gasteiger partial charge is 0.377 e. The summed E-state index contributed by atoms with van der Waals surface area (Å²) in [7, 11) is 0. The summed E-state index contributed by atoms with van der Waals surface area (Å²) in [5.74, 6) is -2.21. The second-order valence-corrected chi connectivity index (χ2v) is 11.3. The topological polar surface area (TPSA) is 96.0 Å². The Morgan fingerprint density at radius 1 is 1.00 bits per heavy atom. The Morgan fingerprint density at radius 3 is 2.16 bits per heavy atom. The fraction of sp³-hybridized carbons (Fsp3) is 0.429. The standard InChI is InChI=1S/C28H33N3O5S/c1-5-18(24(32)26(34)36-28(2,3)4)29-25(33)21-14-10-11-17-30(21)27(35)31-19-12-6-8-15-22(19)37-23-16-9-7-13-20(23)31/h6-9,12-13,15-16,18,21H,5,10-11,14,17H2,1-4H3,(H,29,33). The lowest BCUT2D eigenvalue weighted by atomic mass is 10.0. The molecule has 2 heterocycles. The SMILES string of the molecule is CCC(NC(=O)C1CCCCN1C(=O)N1c2ccccc2Sc2ccccc21)C(=O)C(=O)OC(C)(C)C. The summed E-state index contributed by atoms with van der Waals surface area (Å²) in [4.78, 5) is 57.8. The third kappa shape index (κ3) is 5.82. The van der Waals surface area contributed by atoms with E-state index < -0.39 is 35.3 Å². The number of nitrogens with zero attached hydrogens (tertiary/aromatic N) is 2. The maximum atomic E-state index is 14.1. The predicted molar refractivity (Wildman–Crippen MR) is 142 cm³/mol. The van der Waals surface area contributed by atoms with Crippen LogP contribution in [0.1, 0.15) is 53.4 Å². The van der Waals surface area contributed by atoms with E-state index in [1.54, 1.807) is 49.3 Å². The Labute approximate surface area is 221 Å². The van der Waals surface area contributed by atoms with Gasteiger partial charge < -0.3 is 15.0 Å². The second-order valence-electron chi connectivity index (χ2n) is 10.2. The Bertz CT molecular complexity index is 1160. The van der Waals surface area contributed by atoms with Crippen molar-refractivity contribution in [3.63, 3.8) is 0 Å². The number of esters is 1. The number of hydrogen-bond donors (Lipinski definition) is 1.